The van der Waals surface area contributed by atoms with Gasteiger partial charge >= 0.3 is 0 Å². The molecular weight excluding hydrogens is 313 g/mol. The average Bonchev–Trinajstić information content (AvgIpc) is 2.24. The first-order chi connectivity index (χ1) is 7.57. The molecule has 4 aliphatic rings. The van der Waals surface area contributed by atoms with Crippen LogP contribution in [0.5, 0.6) is 0 Å². The molecule has 4 rings (SSSR count). The summed E-state index contributed by atoms with van der Waals surface area (Å²) < 4.78 is 5.69. The van der Waals surface area contributed by atoms with E-state index in [9.17, 15) is 0 Å². The third kappa shape index (κ3) is 1.22. The van der Waals surface area contributed by atoms with Gasteiger partial charge in [0, 0.05) is 24.6 Å². The largest absolute Gasteiger partial charge is 0.401 e. The topological polar surface area (TPSA) is 35.2 Å². The summed E-state index contributed by atoms with van der Waals surface area (Å²) in [4.78, 5) is 0. The Labute approximate surface area is 110 Å². The summed E-state index contributed by atoms with van der Waals surface area (Å²) in [6.45, 7) is 4.02. The monoisotopic (exact) mass is 331 g/mol. The molecule has 0 aromatic rings. The van der Waals surface area contributed by atoms with Gasteiger partial charge < -0.3 is 10.5 Å². The van der Waals surface area contributed by atoms with E-state index in [0.29, 0.717) is 17.9 Å². The summed E-state index contributed by atoms with van der Waals surface area (Å²) in [5.74, 6) is 2.02. The van der Waals surface area contributed by atoms with Gasteiger partial charge in [-0.1, -0.05) is 40.8 Å². The van der Waals surface area contributed by atoms with Gasteiger partial charge in [-0.15, -0.1) is 0 Å². The van der Waals surface area contributed by atoms with Crippen molar-refractivity contribution in [3.05, 3.63) is 23.9 Å². The van der Waals surface area contributed by atoms with E-state index in [1.807, 2.05) is 7.11 Å². The predicted molar refractivity (Wildman–Crippen MR) is 73.3 cm³/mol. The van der Waals surface area contributed by atoms with Gasteiger partial charge in [0.25, 0.3) is 0 Å². The van der Waals surface area contributed by atoms with Crippen LogP contribution in [0.1, 0.15) is 19.3 Å². The van der Waals surface area contributed by atoms with E-state index in [-0.39, 0.29) is 3.42 Å². The van der Waals surface area contributed by atoms with Crippen LogP contribution in [0.25, 0.3) is 0 Å². The van der Waals surface area contributed by atoms with Crippen LogP contribution in [0.15, 0.2) is 23.9 Å². The van der Waals surface area contributed by atoms with Gasteiger partial charge in [0.1, 0.15) is 0 Å². The first kappa shape index (κ1) is 11.1. The van der Waals surface area contributed by atoms with Crippen molar-refractivity contribution in [2.75, 3.05) is 7.11 Å². The molecule has 0 amide bonds. The standard InChI is InChI=1S/C13H18INO/c1-7(15)13(14)10-4-8-3-9(6-10)12(16-2)11(13)5-8/h6,8-9,11-12H,1,3-5,15H2,2H3. The Balaban J connectivity index is 2.10. The lowest BCUT2D eigenvalue weighted by molar-refractivity contribution is -0.0454. The number of nitrogens with two attached hydrogens (primary N) is 1. The zero-order valence-corrected chi connectivity index (χ0v) is 11.7. The van der Waals surface area contributed by atoms with Gasteiger partial charge in [-0.25, -0.2) is 0 Å². The highest BCUT2D eigenvalue weighted by Crippen LogP contribution is 2.60. The maximum absolute atomic E-state index is 6.07. The Kier molecular flexibility index (Phi) is 2.41. The molecule has 0 heterocycles. The molecule has 5 atom stereocenters. The SMILES string of the molecule is C=C(N)C1(I)C2=CC3CC(C2)CC1C3OC. The lowest BCUT2D eigenvalue weighted by atomic mass is 9.55. The molecule has 0 aromatic carbocycles. The molecule has 0 aliphatic heterocycles. The molecule has 5 unspecified atom stereocenters. The van der Waals surface area contributed by atoms with Crippen LogP contribution in [0, 0.1) is 17.8 Å². The summed E-state index contributed by atoms with van der Waals surface area (Å²) in [6, 6.07) is 0. The second-order valence-electron chi connectivity index (χ2n) is 5.44. The Morgan fingerprint density at radius 2 is 2.38 bits per heavy atom. The first-order valence-electron chi connectivity index (χ1n) is 5.95. The molecule has 2 N–H and O–H groups in total. The number of alkyl halides is 1. The smallest absolute Gasteiger partial charge is 0.0869 e. The van der Waals surface area contributed by atoms with E-state index in [2.05, 4.69) is 35.2 Å². The fourth-order valence-corrected chi connectivity index (χ4v) is 5.06. The summed E-state index contributed by atoms with van der Waals surface area (Å²) in [7, 11) is 1.84. The van der Waals surface area contributed by atoms with E-state index >= 15 is 0 Å². The highest BCUT2D eigenvalue weighted by molar-refractivity contribution is 14.1. The summed E-state index contributed by atoms with van der Waals surface area (Å²) in [6.07, 6.45) is 6.55. The number of rotatable bonds is 2. The molecule has 0 radical (unpaired) electrons. The fraction of sp³-hybridized carbons (Fsp3) is 0.692. The second kappa shape index (κ2) is 3.48. The minimum absolute atomic E-state index is 0.0359. The van der Waals surface area contributed by atoms with E-state index in [0.717, 1.165) is 11.6 Å². The highest BCUT2D eigenvalue weighted by Gasteiger charge is 2.57. The van der Waals surface area contributed by atoms with Crippen molar-refractivity contribution >= 4 is 22.6 Å². The normalized spacial score (nSPS) is 49.2. The number of allylic oxidation sites excluding steroid dienone is 1. The lowest BCUT2D eigenvalue weighted by Crippen LogP contribution is -2.57. The molecule has 2 saturated carbocycles. The van der Waals surface area contributed by atoms with Crippen molar-refractivity contribution in [3.63, 3.8) is 0 Å². The third-order valence-corrected chi connectivity index (χ3v) is 6.84. The van der Waals surface area contributed by atoms with Crippen LogP contribution in [-0.4, -0.2) is 16.6 Å². The van der Waals surface area contributed by atoms with Crippen LogP contribution in [0.3, 0.4) is 0 Å². The van der Waals surface area contributed by atoms with Gasteiger partial charge in [0.15, 0.2) is 0 Å². The van der Waals surface area contributed by atoms with Crippen LogP contribution in [-0.2, 0) is 4.74 Å². The van der Waals surface area contributed by atoms with Crippen LogP contribution in [0.4, 0.5) is 0 Å². The minimum atomic E-state index is -0.0359. The molecule has 3 heteroatoms. The van der Waals surface area contributed by atoms with E-state index < -0.39 is 0 Å². The lowest BCUT2D eigenvalue weighted by Gasteiger charge is -2.57. The molecular formula is C13H18INO. The molecule has 16 heavy (non-hydrogen) atoms. The maximum atomic E-state index is 6.07. The Morgan fingerprint density at radius 3 is 3.00 bits per heavy atom. The van der Waals surface area contributed by atoms with E-state index in [1.165, 1.54) is 24.8 Å². The van der Waals surface area contributed by atoms with Gasteiger partial charge in [0.05, 0.1) is 9.53 Å². The van der Waals surface area contributed by atoms with Crippen molar-refractivity contribution in [2.45, 2.75) is 28.8 Å². The predicted octanol–water partition coefficient (Wildman–Crippen LogP) is 2.63. The van der Waals surface area contributed by atoms with Crippen LogP contribution < -0.4 is 5.73 Å². The molecule has 0 spiro atoms. The quantitative estimate of drug-likeness (QED) is 0.480. The van der Waals surface area contributed by atoms with Crippen LogP contribution in [0.2, 0.25) is 0 Å². The molecule has 2 fully saturated rings. The minimum Gasteiger partial charge on any atom is -0.401 e. The van der Waals surface area contributed by atoms with Gasteiger partial charge in [-0.05, 0) is 25.2 Å². The molecule has 0 aromatic heterocycles. The van der Waals surface area contributed by atoms with Crippen molar-refractivity contribution in [2.24, 2.45) is 23.5 Å². The van der Waals surface area contributed by atoms with Crippen molar-refractivity contribution in [1.29, 1.82) is 0 Å². The Morgan fingerprint density at radius 1 is 1.62 bits per heavy atom. The Bertz CT molecular complexity index is 378. The number of ether oxygens (including phenoxy) is 1. The zero-order valence-electron chi connectivity index (χ0n) is 9.58. The third-order valence-electron chi connectivity index (χ3n) is 4.65. The zero-order chi connectivity index (χ0) is 11.5. The summed E-state index contributed by atoms with van der Waals surface area (Å²) in [5, 5.41) is 0. The number of methoxy groups -OCH3 is 1. The van der Waals surface area contributed by atoms with E-state index in [1.54, 1.807) is 0 Å². The molecule has 2 nitrogen and oxygen atoms in total. The highest BCUT2D eigenvalue weighted by atomic mass is 127. The number of hydrogen-bond donors (Lipinski definition) is 1. The first-order valence-corrected chi connectivity index (χ1v) is 7.03. The van der Waals surface area contributed by atoms with Gasteiger partial charge in [-0.2, -0.15) is 0 Å². The molecule has 4 bridgehead atoms. The number of halogens is 1. The van der Waals surface area contributed by atoms with Gasteiger partial charge in [-0.3, -0.25) is 0 Å². The van der Waals surface area contributed by atoms with E-state index in [4.69, 9.17) is 10.5 Å². The van der Waals surface area contributed by atoms with Crippen molar-refractivity contribution in [3.8, 4) is 0 Å². The molecule has 0 saturated heterocycles. The van der Waals surface area contributed by atoms with Crippen LogP contribution >= 0.6 is 22.6 Å². The second-order valence-corrected chi connectivity index (χ2v) is 7.14. The average molecular weight is 331 g/mol. The van der Waals surface area contributed by atoms with Crippen molar-refractivity contribution in [1.82, 2.24) is 0 Å². The summed E-state index contributed by atoms with van der Waals surface area (Å²) >= 11 is 2.52. The van der Waals surface area contributed by atoms with Crippen molar-refractivity contribution < 1.29 is 4.74 Å². The number of hydrogen-bond acceptors (Lipinski definition) is 2. The molecule has 4 aliphatic carbocycles. The Hall–Kier alpha value is -0.0300. The fourth-order valence-electron chi connectivity index (χ4n) is 4.05. The van der Waals surface area contributed by atoms with Gasteiger partial charge in [0.2, 0.25) is 0 Å². The summed E-state index contributed by atoms with van der Waals surface area (Å²) in [5.41, 5.74) is 8.40. The molecule has 88 valence electrons. The maximum Gasteiger partial charge on any atom is 0.0869 e.